The van der Waals surface area contributed by atoms with Gasteiger partial charge in [-0.3, -0.25) is 0 Å². The van der Waals surface area contributed by atoms with Gasteiger partial charge in [0, 0.05) is 35.0 Å². The standard InChI is InChI=1S/C23H26ClN3O2/c1-3-15-10-17(29-13-14-4-6-16(28-2)7-5-14)11-19(15)22(25)21-18-8-9-26-23(18)27-12-20(21)24/h4-9,12,15,17,19,25H,3,10-11,13H2,1-2H3,(H,26,27). The number of halogens is 1. The summed E-state index contributed by atoms with van der Waals surface area (Å²) in [4.78, 5) is 7.44. The van der Waals surface area contributed by atoms with Crippen LogP contribution >= 0.6 is 11.6 Å². The molecule has 1 aliphatic carbocycles. The fourth-order valence-electron chi connectivity index (χ4n) is 4.39. The topological polar surface area (TPSA) is 71.0 Å². The molecule has 5 nitrogen and oxygen atoms in total. The summed E-state index contributed by atoms with van der Waals surface area (Å²) in [5.74, 6) is 1.40. The Bertz CT molecular complexity index is 999. The number of nitrogens with zero attached hydrogens (tertiary/aromatic N) is 1. The van der Waals surface area contributed by atoms with Crippen molar-refractivity contribution in [2.45, 2.75) is 38.9 Å². The fourth-order valence-corrected chi connectivity index (χ4v) is 4.65. The molecule has 1 saturated carbocycles. The lowest BCUT2D eigenvalue weighted by molar-refractivity contribution is 0.0421. The molecule has 0 saturated heterocycles. The third-order valence-electron chi connectivity index (χ3n) is 6.00. The van der Waals surface area contributed by atoms with Crippen LogP contribution in [0, 0.1) is 17.2 Å². The fraction of sp³-hybridized carbons (Fsp3) is 0.391. The highest BCUT2D eigenvalue weighted by Crippen LogP contribution is 2.40. The number of hydrogen-bond acceptors (Lipinski definition) is 4. The first-order valence-electron chi connectivity index (χ1n) is 10.1. The molecule has 2 N–H and O–H groups in total. The third kappa shape index (κ3) is 4.02. The maximum atomic E-state index is 8.96. The van der Waals surface area contributed by atoms with Crippen molar-refractivity contribution in [2.24, 2.45) is 11.8 Å². The third-order valence-corrected chi connectivity index (χ3v) is 6.29. The molecule has 152 valence electrons. The van der Waals surface area contributed by atoms with Crippen LogP contribution < -0.4 is 4.74 Å². The smallest absolute Gasteiger partial charge is 0.137 e. The molecule has 1 fully saturated rings. The Morgan fingerprint density at radius 3 is 2.76 bits per heavy atom. The molecular weight excluding hydrogens is 386 g/mol. The SMILES string of the molecule is CCC1CC(OCc2ccc(OC)cc2)CC1C(=N)c1c(Cl)cnc2[nH]ccc12. The highest BCUT2D eigenvalue weighted by Gasteiger charge is 2.37. The van der Waals surface area contributed by atoms with Crippen LogP contribution in [0.1, 0.15) is 37.3 Å². The van der Waals surface area contributed by atoms with Crippen LogP contribution in [0.4, 0.5) is 0 Å². The maximum Gasteiger partial charge on any atom is 0.137 e. The van der Waals surface area contributed by atoms with Crippen LogP contribution in [-0.2, 0) is 11.3 Å². The maximum absolute atomic E-state index is 8.96. The second-order valence-electron chi connectivity index (χ2n) is 7.66. The van der Waals surface area contributed by atoms with Crippen LogP contribution in [0.5, 0.6) is 5.75 Å². The Labute approximate surface area is 175 Å². The first-order valence-corrected chi connectivity index (χ1v) is 10.4. The summed E-state index contributed by atoms with van der Waals surface area (Å²) >= 11 is 6.47. The van der Waals surface area contributed by atoms with E-state index in [1.165, 1.54) is 0 Å². The number of benzene rings is 1. The molecule has 29 heavy (non-hydrogen) atoms. The van der Waals surface area contributed by atoms with Gasteiger partial charge in [-0.15, -0.1) is 0 Å². The van der Waals surface area contributed by atoms with Gasteiger partial charge in [0.15, 0.2) is 0 Å². The van der Waals surface area contributed by atoms with Gasteiger partial charge < -0.3 is 19.9 Å². The van der Waals surface area contributed by atoms with Crippen LogP contribution in [0.25, 0.3) is 11.0 Å². The van der Waals surface area contributed by atoms with Crippen molar-refractivity contribution >= 4 is 28.3 Å². The van der Waals surface area contributed by atoms with Gasteiger partial charge in [0.05, 0.1) is 24.8 Å². The predicted octanol–water partition coefficient (Wildman–Crippen LogP) is 5.61. The van der Waals surface area contributed by atoms with Gasteiger partial charge in [-0.25, -0.2) is 4.98 Å². The molecule has 3 atom stereocenters. The van der Waals surface area contributed by atoms with E-state index in [-0.39, 0.29) is 12.0 Å². The summed E-state index contributed by atoms with van der Waals surface area (Å²) in [6.45, 7) is 2.76. The number of nitrogens with one attached hydrogen (secondary N) is 2. The molecular formula is C23H26ClN3O2. The lowest BCUT2D eigenvalue weighted by Gasteiger charge is -2.20. The van der Waals surface area contributed by atoms with E-state index >= 15 is 0 Å². The Balaban J connectivity index is 1.48. The minimum Gasteiger partial charge on any atom is -0.497 e. The zero-order valence-corrected chi connectivity index (χ0v) is 17.5. The Kier molecular flexibility index (Phi) is 5.88. The van der Waals surface area contributed by atoms with Gasteiger partial charge in [0.2, 0.25) is 0 Å². The summed E-state index contributed by atoms with van der Waals surface area (Å²) in [5, 5.41) is 10.4. The van der Waals surface area contributed by atoms with Crippen LogP contribution in [0.3, 0.4) is 0 Å². The van der Waals surface area contributed by atoms with E-state index < -0.39 is 0 Å². The van der Waals surface area contributed by atoms with Gasteiger partial charge in [-0.1, -0.05) is 37.1 Å². The minimum absolute atomic E-state index is 0.138. The van der Waals surface area contributed by atoms with Crippen molar-refractivity contribution in [3.63, 3.8) is 0 Å². The largest absolute Gasteiger partial charge is 0.497 e. The molecule has 0 radical (unpaired) electrons. The Morgan fingerprint density at radius 2 is 2.03 bits per heavy atom. The van der Waals surface area contributed by atoms with Gasteiger partial charge in [0.1, 0.15) is 11.4 Å². The average Bonchev–Trinajstić information content (AvgIpc) is 3.38. The second-order valence-corrected chi connectivity index (χ2v) is 8.07. The molecule has 3 unspecified atom stereocenters. The number of aromatic nitrogens is 2. The Hall–Kier alpha value is -2.37. The van der Waals surface area contributed by atoms with Crippen molar-refractivity contribution in [3.8, 4) is 5.75 Å². The second kappa shape index (κ2) is 8.56. The van der Waals surface area contributed by atoms with Gasteiger partial charge in [0.25, 0.3) is 0 Å². The number of methoxy groups -OCH3 is 1. The van der Waals surface area contributed by atoms with Crippen molar-refractivity contribution in [1.29, 1.82) is 5.41 Å². The number of H-pyrrole nitrogens is 1. The first-order chi connectivity index (χ1) is 14.1. The zero-order chi connectivity index (χ0) is 20.4. The molecule has 3 aromatic rings. The van der Waals surface area contributed by atoms with E-state index in [1.807, 2.05) is 36.5 Å². The van der Waals surface area contributed by atoms with Crippen molar-refractivity contribution < 1.29 is 9.47 Å². The molecule has 1 aromatic carbocycles. The predicted molar refractivity (Wildman–Crippen MR) is 116 cm³/mol. The molecule has 0 amide bonds. The number of rotatable bonds is 7. The van der Waals surface area contributed by atoms with E-state index in [4.69, 9.17) is 26.5 Å². The van der Waals surface area contributed by atoms with Crippen LogP contribution in [-0.4, -0.2) is 28.9 Å². The number of pyridine rings is 1. The van der Waals surface area contributed by atoms with Crippen molar-refractivity contribution in [3.05, 3.63) is 58.9 Å². The number of fused-ring (bicyclic) bond motifs is 1. The lowest BCUT2D eigenvalue weighted by atomic mass is 9.85. The van der Waals surface area contributed by atoms with Crippen LogP contribution in [0.2, 0.25) is 5.02 Å². The minimum atomic E-state index is 0.138. The lowest BCUT2D eigenvalue weighted by Crippen LogP contribution is -2.20. The van der Waals surface area contributed by atoms with E-state index in [2.05, 4.69) is 16.9 Å². The number of ether oxygens (including phenoxy) is 2. The molecule has 1 aliphatic rings. The van der Waals surface area contributed by atoms with Gasteiger partial charge >= 0.3 is 0 Å². The van der Waals surface area contributed by atoms with E-state index in [1.54, 1.807) is 13.3 Å². The molecule has 0 bridgehead atoms. The van der Waals surface area contributed by atoms with E-state index in [9.17, 15) is 0 Å². The molecule has 2 aromatic heterocycles. The summed E-state index contributed by atoms with van der Waals surface area (Å²) in [5.41, 5.74) is 3.30. The molecule has 0 spiro atoms. The Morgan fingerprint density at radius 1 is 1.24 bits per heavy atom. The van der Waals surface area contributed by atoms with Crippen molar-refractivity contribution in [2.75, 3.05) is 7.11 Å². The monoisotopic (exact) mass is 411 g/mol. The van der Waals surface area contributed by atoms with Crippen LogP contribution in [0.15, 0.2) is 42.7 Å². The summed E-state index contributed by atoms with van der Waals surface area (Å²) < 4.78 is 11.4. The number of aromatic amines is 1. The number of hydrogen-bond donors (Lipinski definition) is 2. The summed E-state index contributed by atoms with van der Waals surface area (Å²) in [6.07, 6.45) is 6.47. The highest BCUT2D eigenvalue weighted by atomic mass is 35.5. The molecule has 4 rings (SSSR count). The molecule has 2 heterocycles. The first kappa shape index (κ1) is 19.9. The average molecular weight is 412 g/mol. The quantitative estimate of drug-likeness (QED) is 0.496. The highest BCUT2D eigenvalue weighted by molar-refractivity contribution is 6.35. The summed E-state index contributed by atoms with van der Waals surface area (Å²) in [6, 6.07) is 9.92. The zero-order valence-electron chi connectivity index (χ0n) is 16.7. The molecule has 0 aliphatic heterocycles. The van der Waals surface area contributed by atoms with E-state index in [0.717, 1.165) is 47.2 Å². The molecule has 6 heteroatoms. The van der Waals surface area contributed by atoms with Gasteiger partial charge in [-0.05, 0) is 42.5 Å². The van der Waals surface area contributed by atoms with Gasteiger partial charge in [-0.2, -0.15) is 0 Å². The normalized spacial score (nSPS) is 21.6. The summed E-state index contributed by atoms with van der Waals surface area (Å²) in [7, 11) is 1.67. The van der Waals surface area contributed by atoms with Crippen molar-refractivity contribution in [1.82, 2.24) is 9.97 Å². The van der Waals surface area contributed by atoms with E-state index in [0.29, 0.717) is 23.3 Å².